The summed E-state index contributed by atoms with van der Waals surface area (Å²) in [5.74, 6) is -0.844. The summed E-state index contributed by atoms with van der Waals surface area (Å²) in [7, 11) is 0. The van der Waals surface area contributed by atoms with Crippen molar-refractivity contribution in [3.63, 3.8) is 0 Å². The molecule has 7 heteroatoms. The highest BCUT2D eigenvalue weighted by Gasteiger charge is 2.49. The molecule has 0 aliphatic heterocycles. The molecule has 3 aromatic heterocycles. The van der Waals surface area contributed by atoms with Crippen LogP contribution in [-0.2, 0) is 10.8 Å². The third-order valence-electron chi connectivity index (χ3n) is 11.7. The molecule has 53 heavy (non-hydrogen) atoms. The van der Waals surface area contributed by atoms with Crippen molar-refractivity contribution < 1.29 is 19.2 Å². The Hall–Kier alpha value is -5.34. The SMILES string of the molecule is CC1(C)C(C=C2C(=O)c3cc4ccccc4cc3C2=O)=Cc2sc3c(c21)C(C)(C)c1c-3sc2cc(C=C3C(=O)c4cc5ccccc5cc4C3=O)sc12. The summed E-state index contributed by atoms with van der Waals surface area (Å²) in [4.78, 5) is 59.1. The topological polar surface area (TPSA) is 68.3 Å². The maximum Gasteiger partial charge on any atom is 0.197 e. The van der Waals surface area contributed by atoms with Crippen molar-refractivity contribution >= 4 is 100 Å². The quantitative estimate of drug-likeness (QED) is 0.131. The molecule has 4 aliphatic rings. The number of Topliss-reactive ketones (excluding diaryl/α,β-unsaturated/α-hetero) is 4. The maximum absolute atomic E-state index is 13.7. The molecule has 0 bridgehead atoms. The molecule has 0 spiro atoms. The van der Waals surface area contributed by atoms with Gasteiger partial charge in [-0.2, -0.15) is 0 Å². The van der Waals surface area contributed by atoms with E-state index in [4.69, 9.17) is 0 Å². The van der Waals surface area contributed by atoms with Crippen LogP contribution in [0, 0.1) is 0 Å². The molecule has 4 nitrogen and oxygen atoms in total. The summed E-state index contributed by atoms with van der Waals surface area (Å²) in [6.45, 7) is 8.98. The molecule has 4 aliphatic carbocycles. The van der Waals surface area contributed by atoms with Gasteiger partial charge in [-0.05, 0) is 92.4 Å². The number of thiophene rings is 3. The van der Waals surface area contributed by atoms with Gasteiger partial charge >= 0.3 is 0 Å². The van der Waals surface area contributed by atoms with E-state index < -0.39 is 5.41 Å². The van der Waals surface area contributed by atoms with Gasteiger partial charge in [0.2, 0.25) is 0 Å². The van der Waals surface area contributed by atoms with E-state index in [1.54, 1.807) is 40.1 Å². The zero-order valence-electron chi connectivity index (χ0n) is 29.1. The predicted molar refractivity (Wildman–Crippen MR) is 217 cm³/mol. The second kappa shape index (κ2) is 10.2. The van der Waals surface area contributed by atoms with Crippen molar-refractivity contribution in [2.75, 3.05) is 0 Å². The molecule has 254 valence electrons. The first-order valence-corrected chi connectivity index (χ1v) is 20.0. The molecule has 4 aromatic carbocycles. The molecule has 7 aromatic rings. The molecule has 0 atom stereocenters. The minimum atomic E-state index is -0.426. The van der Waals surface area contributed by atoms with Crippen LogP contribution in [0.1, 0.15) is 95.6 Å². The lowest BCUT2D eigenvalue weighted by Crippen LogP contribution is -2.24. The van der Waals surface area contributed by atoms with Crippen molar-refractivity contribution in [1.82, 2.24) is 0 Å². The van der Waals surface area contributed by atoms with Gasteiger partial charge in [-0.1, -0.05) is 76.2 Å². The molecule has 3 heterocycles. The average molecular weight is 741 g/mol. The lowest BCUT2D eigenvalue weighted by molar-refractivity contribution is 0.0974. The van der Waals surface area contributed by atoms with Crippen LogP contribution in [0.4, 0.5) is 0 Å². The Morgan fingerprint density at radius 2 is 0.981 bits per heavy atom. The molecule has 0 amide bonds. The van der Waals surface area contributed by atoms with Gasteiger partial charge < -0.3 is 0 Å². The minimum absolute atomic E-state index is 0.209. The van der Waals surface area contributed by atoms with Crippen LogP contribution in [0.2, 0.25) is 0 Å². The molecule has 0 saturated heterocycles. The van der Waals surface area contributed by atoms with E-state index in [-0.39, 0.29) is 39.7 Å². The minimum Gasteiger partial charge on any atom is -0.288 e. The second-order valence-electron chi connectivity index (χ2n) is 15.5. The van der Waals surface area contributed by atoms with Gasteiger partial charge in [0, 0.05) is 52.4 Å². The number of allylic oxidation sites excluding steroid dienone is 4. The fourth-order valence-corrected chi connectivity index (χ4v) is 13.6. The average Bonchev–Trinajstić information content (AvgIpc) is 3.97. The lowest BCUT2D eigenvalue weighted by Gasteiger charge is -2.29. The van der Waals surface area contributed by atoms with Crippen molar-refractivity contribution in [1.29, 1.82) is 0 Å². The fraction of sp³-hybridized carbons (Fsp3) is 0.130. The highest BCUT2D eigenvalue weighted by atomic mass is 32.1. The summed E-state index contributed by atoms with van der Waals surface area (Å²) in [6.07, 6.45) is 5.81. The Bertz CT molecular complexity index is 2960. The summed E-state index contributed by atoms with van der Waals surface area (Å²) >= 11 is 5.22. The van der Waals surface area contributed by atoms with Crippen LogP contribution in [0.3, 0.4) is 0 Å². The number of benzene rings is 4. The smallest absolute Gasteiger partial charge is 0.197 e. The fourth-order valence-electron chi connectivity index (χ4n) is 9.02. The zero-order chi connectivity index (χ0) is 36.3. The van der Waals surface area contributed by atoms with Crippen LogP contribution in [0.25, 0.3) is 52.9 Å². The predicted octanol–water partition coefficient (Wildman–Crippen LogP) is 11.8. The van der Waals surface area contributed by atoms with Gasteiger partial charge in [-0.15, -0.1) is 34.0 Å². The van der Waals surface area contributed by atoms with Gasteiger partial charge in [0.25, 0.3) is 0 Å². The molecule has 0 fully saturated rings. The first-order valence-electron chi connectivity index (χ1n) is 17.6. The maximum atomic E-state index is 13.7. The first-order chi connectivity index (χ1) is 25.4. The van der Waals surface area contributed by atoms with Crippen molar-refractivity contribution in [2.24, 2.45) is 0 Å². The van der Waals surface area contributed by atoms with E-state index in [2.05, 4.69) is 39.8 Å². The van der Waals surface area contributed by atoms with E-state index in [1.165, 1.54) is 36.0 Å². The van der Waals surface area contributed by atoms with Gasteiger partial charge in [-0.25, -0.2) is 0 Å². The van der Waals surface area contributed by atoms with Gasteiger partial charge in [-0.3, -0.25) is 19.2 Å². The van der Waals surface area contributed by atoms with Crippen LogP contribution < -0.4 is 0 Å². The second-order valence-corrected chi connectivity index (χ2v) is 18.7. The van der Waals surface area contributed by atoms with E-state index in [0.29, 0.717) is 22.3 Å². The van der Waals surface area contributed by atoms with Crippen LogP contribution in [-0.4, -0.2) is 23.1 Å². The Morgan fingerprint density at radius 1 is 0.509 bits per heavy atom. The zero-order valence-corrected chi connectivity index (χ0v) is 31.5. The van der Waals surface area contributed by atoms with Crippen LogP contribution >= 0.6 is 34.0 Å². The third kappa shape index (κ3) is 3.99. The highest BCUT2D eigenvalue weighted by molar-refractivity contribution is 7.32. The summed E-state index contributed by atoms with van der Waals surface area (Å²) < 4.78 is 2.35. The summed E-state index contributed by atoms with van der Waals surface area (Å²) in [5, 5.41) is 3.79. The van der Waals surface area contributed by atoms with Gasteiger partial charge in [0.15, 0.2) is 23.1 Å². The normalized spacial score (nSPS) is 17.5. The molecule has 0 unspecified atom stereocenters. The van der Waals surface area contributed by atoms with E-state index in [1.807, 2.05) is 78.9 Å². The monoisotopic (exact) mass is 740 g/mol. The van der Waals surface area contributed by atoms with E-state index >= 15 is 0 Å². The molecule has 11 rings (SSSR count). The van der Waals surface area contributed by atoms with Crippen LogP contribution in [0.5, 0.6) is 0 Å². The van der Waals surface area contributed by atoms with Gasteiger partial charge in [0.05, 0.1) is 20.7 Å². The van der Waals surface area contributed by atoms with Crippen molar-refractivity contribution in [3.05, 3.63) is 150 Å². The number of fused-ring (bicyclic) bond motifs is 11. The third-order valence-corrected chi connectivity index (χ3v) is 15.4. The largest absolute Gasteiger partial charge is 0.288 e. The molecule has 0 saturated carbocycles. The van der Waals surface area contributed by atoms with Crippen molar-refractivity contribution in [2.45, 2.75) is 38.5 Å². The van der Waals surface area contributed by atoms with Crippen LogP contribution in [0.15, 0.2) is 102 Å². The molecular weight excluding hydrogens is 713 g/mol. The van der Waals surface area contributed by atoms with Crippen molar-refractivity contribution in [3.8, 4) is 9.75 Å². The number of hydrogen-bond acceptors (Lipinski definition) is 7. The molecule has 0 radical (unpaired) electrons. The van der Waals surface area contributed by atoms with E-state index in [9.17, 15) is 19.2 Å². The Balaban J connectivity index is 0.954. The Labute approximate surface area is 316 Å². The molecule has 0 N–H and O–H groups in total. The van der Waals surface area contributed by atoms with Gasteiger partial charge in [0.1, 0.15) is 0 Å². The standard InChI is InChI=1S/C46H28O4S3/c1-45(2)25(17-31-38(47)27-13-21-9-5-6-10-22(21)14-28(27)39(31)48)18-33-35(45)36-43(52-33)44-37(46(36,3)4)42-34(53-44)20-26(51-42)19-32-40(49)29-15-23-11-7-8-12-24(23)16-30(29)41(32)50/h5-20H,1-4H3. The number of hydrogen-bond donors (Lipinski definition) is 0. The number of carbonyl (C=O) groups is 4. The highest BCUT2D eigenvalue weighted by Crippen LogP contribution is 2.64. The number of carbonyl (C=O) groups excluding carboxylic acids is 4. The number of ketones is 4. The summed E-state index contributed by atoms with van der Waals surface area (Å²) in [5.41, 5.74) is 6.47. The lowest BCUT2D eigenvalue weighted by atomic mass is 9.73. The van der Waals surface area contributed by atoms with E-state index in [0.717, 1.165) is 36.7 Å². The summed E-state index contributed by atoms with van der Waals surface area (Å²) in [6, 6.07) is 25.1. The first kappa shape index (κ1) is 31.2. The Morgan fingerprint density at radius 3 is 1.49 bits per heavy atom. The number of rotatable bonds is 2. The Kier molecular flexibility index (Phi) is 6.01. The molecular formula is C46H28O4S3.